The quantitative estimate of drug-likeness (QED) is 0.733. The lowest BCUT2D eigenvalue weighted by Crippen LogP contribution is -2.45. The molecule has 0 unspecified atom stereocenters. The van der Waals surface area contributed by atoms with Crippen molar-refractivity contribution < 1.29 is 4.39 Å². The van der Waals surface area contributed by atoms with E-state index in [1.165, 1.54) is 0 Å². The van der Waals surface area contributed by atoms with Crippen LogP contribution in [0.25, 0.3) is 0 Å². The van der Waals surface area contributed by atoms with Crippen LogP contribution < -0.4 is 4.90 Å². The molecule has 1 aliphatic heterocycles. The largest absolute Gasteiger partial charge is 0.371 e. The van der Waals surface area contributed by atoms with E-state index < -0.39 is 0 Å². The number of nitrogens with zero attached hydrogens (tertiary/aromatic N) is 1. The van der Waals surface area contributed by atoms with E-state index >= 15 is 0 Å². The van der Waals surface area contributed by atoms with E-state index in [4.69, 9.17) is 0 Å². The predicted molar refractivity (Wildman–Crippen MR) is 55.5 cm³/mol. The molecule has 1 nitrogen and oxygen atoms in total. The Morgan fingerprint density at radius 1 is 1.46 bits per heavy atom. The number of halogens is 2. The van der Waals surface area contributed by atoms with Crippen molar-refractivity contribution in [2.75, 3.05) is 18.0 Å². The number of anilines is 1. The van der Waals surface area contributed by atoms with E-state index in [1.54, 1.807) is 12.1 Å². The molecule has 1 aliphatic rings. The van der Waals surface area contributed by atoms with Crippen LogP contribution in [0.15, 0.2) is 22.7 Å². The Balaban J connectivity index is 2.18. The van der Waals surface area contributed by atoms with Crippen LogP contribution in [0.2, 0.25) is 0 Å². The van der Waals surface area contributed by atoms with Gasteiger partial charge in [0.05, 0.1) is 4.47 Å². The Bertz CT molecular complexity index is 321. The van der Waals surface area contributed by atoms with Crippen LogP contribution in [-0.4, -0.2) is 13.1 Å². The fourth-order valence-electron chi connectivity index (χ4n) is 1.59. The Kier molecular flexibility index (Phi) is 2.28. The Labute approximate surface area is 85.7 Å². The topological polar surface area (TPSA) is 3.24 Å². The average Bonchev–Trinajstić information content (AvgIpc) is 2.05. The maximum atomic E-state index is 13.1. The standard InChI is InChI=1S/C10H11BrFN/c1-7-5-13(6-7)8-2-3-9(11)10(12)4-8/h2-4,7H,5-6H2,1H3. The molecule has 0 aromatic heterocycles. The highest BCUT2D eigenvalue weighted by atomic mass is 79.9. The van der Waals surface area contributed by atoms with E-state index in [0.717, 1.165) is 24.7 Å². The summed E-state index contributed by atoms with van der Waals surface area (Å²) >= 11 is 3.14. The van der Waals surface area contributed by atoms with Crippen molar-refractivity contribution in [1.29, 1.82) is 0 Å². The fourth-order valence-corrected chi connectivity index (χ4v) is 1.84. The molecule has 1 aromatic carbocycles. The molecule has 0 aliphatic carbocycles. The van der Waals surface area contributed by atoms with Crippen LogP contribution in [0.3, 0.4) is 0 Å². The summed E-state index contributed by atoms with van der Waals surface area (Å²) in [5.41, 5.74) is 0.985. The predicted octanol–water partition coefficient (Wildman–Crippen LogP) is 3.04. The van der Waals surface area contributed by atoms with Gasteiger partial charge in [-0.2, -0.15) is 0 Å². The molecule has 1 heterocycles. The highest BCUT2D eigenvalue weighted by Crippen LogP contribution is 2.27. The summed E-state index contributed by atoms with van der Waals surface area (Å²) in [4.78, 5) is 2.18. The van der Waals surface area contributed by atoms with Crippen LogP contribution >= 0.6 is 15.9 Å². The molecule has 0 saturated carbocycles. The van der Waals surface area contributed by atoms with Gasteiger partial charge >= 0.3 is 0 Å². The third kappa shape index (κ3) is 1.70. The lowest BCUT2D eigenvalue weighted by molar-refractivity contribution is 0.446. The van der Waals surface area contributed by atoms with E-state index in [-0.39, 0.29) is 5.82 Å². The van der Waals surface area contributed by atoms with Crippen LogP contribution in [0.1, 0.15) is 6.92 Å². The maximum absolute atomic E-state index is 13.1. The lowest BCUT2D eigenvalue weighted by Gasteiger charge is -2.39. The highest BCUT2D eigenvalue weighted by molar-refractivity contribution is 9.10. The third-order valence-electron chi connectivity index (χ3n) is 2.33. The van der Waals surface area contributed by atoms with E-state index in [1.807, 2.05) is 6.07 Å². The minimum absolute atomic E-state index is 0.183. The highest BCUT2D eigenvalue weighted by Gasteiger charge is 2.22. The molecule has 0 atom stereocenters. The molecule has 0 radical (unpaired) electrons. The van der Waals surface area contributed by atoms with Gasteiger partial charge < -0.3 is 4.90 Å². The molecule has 13 heavy (non-hydrogen) atoms. The molecule has 0 bridgehead atoms. The van der Waals surface area contributed by atoms with Crippen molar-refractivity contribution >= 4 is 21.6 Å². The second-order valence-electron chi connectivity index (χ2n) is 3.61. The van der Waals surface area contributed by atoms with E-state index in [0.29, 0.717) is 4.47 Å². The van der Waals surface area contributed by atoms with Crippen LogP contribution in [0.4, 0.5) is 10.1 Å². The van der Waals surface area contributed by atoms with Gasteiger partial charge in [0, 0.05) is 18.8 Å². The first-order chi connectivity index (χ1) is 6.16. The van der Waals surface area contributed by atoms with E-state index in [9.17, 15) is 4.39 Å². The SMILES string of the molecule is CC1CN(c2ccc(Br)c(F)c2)C1. The van der Waals surface area contributed by atoms with Gasteiger partial charge in [-0.25, -0.2) is 4.39 Å². The van der Waals surface area contributed by atoms with Crippen molar-refractivity contribution in [1.82, 2.24) is 0 Å². The number of benzene rings is 1. The second kappa shape index (κ2) is 3.29. The molecule has 0 spiro atoms. The fraction of sp³-hybridized carbons (Fsp3) is 0.400. The molecule has 0 N–H and O–H groups in total. The Hall–Kier alpha value is -0.570. The van der Waals surface area contributed by atoms with Crippen LogP contribution in [0, 0.1) is 11.7 Å². The smallest absolute Gasteiger partial charge is 0.139 e. The molecule has 1 saturated heterocycles. The van der Waals surface area contributed by atoms with Crippen LogP contribution in [0.5, 0.6) is 0 Å². The van der Waals surface area contributed by atoms with Gasteiger partial charge in [-0.05, 0) is 40.0 Å². The van der Waals surface area contributed by atoms with Gasteiger partial charge in [-0.3, -0.25) is 0 Å². The molecular weight excluding hydrogens is 233 g/mol. The third-order valence-corrected chi connectivity index (χ3v) is 2.98. The summed E-state index contributed by atoms with van der Waals surface area (Å²) < 4.78 is 13.7. The molecule has 1 fully saturated rings. The summed E-state index contributed by atoms with van der Waals surface area (Å²) in [5.74, 6) is 0.559. The maximum Gasteiger partial charge on any atom is 0.139 e. The normalized spacial score (nSPS) is 17.3. The minimum Gasteiger partial charge on any atom is -0.371 e. The first-order valence-electron chi connectivity index (χ1n) is 4.37. The van der Waals surface area contributed by atoms with Crippen molar-refractivity contribution in [2.45, 2.75) is 6.92 Å². The number of hydrogen-bond acceptors (Lipinski definition) is 1. The van der Waals surface area contributed by atoms with E-state index in [2.05, 4.69) is 27.8 Å². The average molecular weight is 244 g/mol. The van der Waals surface area contributed by atoms with Gasteiger partial charge in [0.1, 0.15) is 5.82 Å². The zero-order valence-corrected chi connectivity index (χ0v) is 9.01. The van der Waals surface area contributed by atoms with Crippen molar-refractivity contribution in [2.24, 2.45) is 5.92 Å². The molecule has 3 heteroatoms. The first kappa shape index (κ1) is 9.00. The molecule has 70 valence electrons. The van der Waals surface area contributed by atoms with Crippen molar-refractivity contribution in [3.05, 3.63) is 28.5 Å². The molecular formula is C10H11BrFN. The summed E-state index contributed by atoms with van der Waals surface area (Å²) in [6.07, 6.45) is 0. The first-order valence-corrected chi connectivity index (χ1v) is 5.16. The van der Waals surface area contributed by atoms with Gasteiger partial charge in [0.15, 0.2) is 0 Å². The zero-order chi connectivity index (χ0) is 9.42. The monoisotopic (exact) mass is 243 g/mol. The number of rotatable bonds is 1. The van der Waals surface area contributed by atoms with Gasteiger partial charge in [-0.1, -0.05) is 6.92 Å². The van der Waals surface area contributed by atoms with Gasteiger partial charge in [-0.15, -0.1) is 0 Å². The van der Waals surface area contributed by atoms with Gasteiger partial charge in [0.25, 0.3) is 0 Å². The molecule has 2 rings (SSSR count). The number of hydrogen-bond donors (Lipinski definition) is 0. The lowest BCUT2D eigenvalue weighted by atomic mass is 10.0. The second-order valence-corrected chi connectivity index (χ2v) is 4.46. The van der Waals surface area contributed by atoms with Crippen molar-refractivity contribution in [3.63, 3.8) is 0 Å². The molecule has 0 amide bonds. The summed E-state index contributed by atoms with van der Waals surface area (Å²) in [6, 6.07) is 5.28. The van der Waals surface area contributed by atoms with Crippen LogP contribution in [-0.2, 0) is 0 Å². The summed E-state index contributed by atoms with van der Waals surface area (Å²) in [7, 11) is 0. The summed E-state index contributed by atoms with van der Waals surface area (Å²) in [5, 5.41) is 0. The van der Waals surface area contributed by atoms with Gasteiger partial charge in [0.2, 0.25) is 0 Å². The Morgan fingerprint density at radius 2 is 2.15 bits per heavy atom. The minimum atomic E-state index is -0.183. The zero-order valence-electron chi connectivity index (χ0n) is 7.43. The molecule has 1 aromatic rings. The Morgan fingerprint density at radius 3 is 2.69 bits per heavy atom. The van der Waals surface area contributed by atoms with Crippen molar-refractivity contribution in [3.8, 4) is 0 Å². The summed E-state index contributed by atoms with van der Waals surface area (Å²) in [6.45, 7) is 4.29.